The van der Waals surface area contributed by atoms with E-state index in [0.717, 1.165) is 37.1 Å². The highest BCUT2D eigenvalue weighted by atomic mass is 19.1. The molecule has 0 spiro atoms. The predicted molar refractivity (Wildman–Crippen MR) is 94.7 cm³/mol. The van der Waals surface area contributed by atoms with E-state index in [1.807, 2.05) is 28.7 Å². The Morgan fingerprint density at radius 3 is 3.00 bits per heavy atom. The van der Waals surface area contributed by atoms with Crippen molar-refractivity contribution in [3.8, 4) is 0 Å². The molecule has 2 amide bonds. The summed E-state index contributed by atoms with van der Waals surface area (Å²) in [6, 6.07) is 6.48. The number of likely N-dealkylation sites (tertiary alicyclic amines) is 1. The summed E-state index contributed by atoms with van der Waals surface area (Å²) >= 11 is 0. The molecule has 0 aliphatic carbocycles. The van der Waals surface area contributed by atoms with Crippen LogP contribution >= 0.6 is 0 Å². The number of rotatable bonds is 4. The number of aromatic nitrogens is 2. The smallest absolute Gasteiger partial charge is 0.317 e. The molecule has 0 radical (unpaired) electrons. The Kier molecular flexibility index (Phi) is 5.68. The standard InChI is InChI=1S/C19H25FN4O/c1-15-21-9-12-23(15)13-10-22-19(25)24-11-4-2-3-8-18(24)16-6-5-7-17(20)14-16/h5-7,9,12,14,18H,2-4,8,10-11,13H2,1H3,(H,22,25). The van der Waals surface area contributed by atoms with Gasteiger partial charge in [0.25, 0.3) is 0 Å². The number of benzene rings is 1. The van der Waals surface area contributed by atoms with Crippen molar-refractivity contribution < 1.29 is 9.18 Å². The number of hydrogen-bond acceptors (Lipinski definition) is 2. The number of carbonyl (C=O) groups excluding carboxylic acids is 1. The number of nitrogens with zero attached hydrogens (tertiary/aromatic N) is 3. The molecule has 1 N–H and O–H groups in total. The number of urea groups is 1. The van der Waals surface area contributed by atoms with E-state index < -0.39 is 0 Å². The summed E-state index contributed by atoms with van der Waals surface area (Å²) in [6.45, 7) is 3.88. The highest BCUT2D eigenvalue weighted by Crippen LogP contribution is 2.30. The molecule has 1 aliphatic rings. The van der Waals surface area contributed by atoms with Gasteiger partial charge in [-0.15, -0.1) is 0 Å². The molecular formula is C19H25FN4O. The molecule has 25 heavy (non-hydrogen) atoms. The van der Waals surface area contributed by atoms with Gasteiger partial charge in [0, 0.05) is 32.0 Å². The van der Waals surface area contributed by atoms with Crippen LogP contribution in [0.1, 0.15) is 43.1 Å². The van der Waals surface area contributed by atoms with E-state index in [1.54, 1.807) is 18.3 Å². The molecule has 1 aliphatic heterocycles. The molecule has 2 heterocycles. The highest BCUT2D eigenvalue weighted by Gasteiger charge is 2.26. The third-order valence-corrected chi connectivity index (χ3v) is 4.80. The van der Waals surface area contributed by atoms with E-state index in [0.29, 0.717) is 19.6 Å². The molecule has 2 aromatic rings. The second-order valence-electron chi connectivity index (χ2n) is 6.51. The summed E-state index contributed by atoms with van der Waals surface area (Å²) in [5, 5.41) is 3.00. The summed E-state index contributed by atoms with van der Waals surface area (Å²) in [4.78, 5) is 18.8. The number of halogens is 1. The molecule has 3 rings (SSSR count). The summed E-state index contributed by atoms with van der Waals surface area (Å²) in [5.41, 5.74) is 0.877. The van der Waals surface area contributed by atoms with Gasteiger partial charge in [0.15, 0.2) is 0 Å². The Balaban J connectivity index is 1.66. The SMILES string of the molecule is Cc1nccn1CCNC(=O)N1CCCCCC1c1cccc(F)c1. The summed E-state index contributed by atoms with van der Waals surface area (Å²) < 4.78 is 15.6. The lowest BCUT2D eigenvalue weighted by atomic mass is 10.0. The fourth-order valence-electron chi connectivity index (χ4n) is 3.44. The lowest BCUT2D eigenvalue weighted by molar-refractivity contribution is 0.175. The molecule has 5 nitrogen and oxygen atoms in total. The van der Waals surface area contributed by atoms with Crippen molar-refractivity contribution >= 4 is 6.03 Å². The lowest BCUT2D eigenvalue weighted by Gasteiger charge is -2.30. The molecule has 1 unspecified atom stereocenters. The Morgan fingerprint density at radius 1 is 1.36 bits per heavy atom. The van der Waals surface area contributed by atoms with E-state index in [9.17, 15) is 9.18 Å². The van der Waals surface area contributed by atoms with Crippen molar-refractivity contribution in [3.63, 3.8) is 0 Å². The Morgan fingerprint density at radius 2 is 2.24 bits per heavy atom. The van der Waals surface area contributed by atoms with Crippen LogP contribution in [-0.2, 0) is 6.54 Å². The van der Waals surface area contributed by atoms with Crippen LogP contribution < -0.4 is 5.32 Å². The average molecular weight is 344 g/mol. The molecule has 1 fully saturated rings. The Labute approximate surface area is 147 Å². The van der Waals surface area contributed by atoms with Crippen LogP contribution in [0.15, 0.2) is 36.7 Å². The maximum atomic E-state index is 13.6. The zero-order chi connectivity index (χ0) is 17.6. The average Bonchev–Trinajstić information content (AvgIpc) is 2.86. The summed E-state index contributed by atoms with van der Waals surface area (Å²) in [5.74, 6) is 0.680. The van der Waals surface area contributed by atoms with Gasteiger partial charge in [0.2, 0.25) is 0 Å². The minimum atomic E-state index is -0.252. The van der Waals surface area contributed by atoms with Crippen LogP contribution in [0.4, 0.5) is 9.18 Å². The maximum Gasteiger partial charge on any atom is 0.317 e. The molecule has 6 heteroatoms. The number of nitrogens with one attached hydrogen (secondary N) is 1. The minimum absolute atomic E-state index is 0.0619. The third-order valence-electron chi connectivity index (χ3n) is 4.80. The van der Waals surface area contributed by atoms with E-state index in [1.165, 1.54) is 6.07 Å². The Bertz CT molecular complexity index is 715. The van der Waals surface area contributed by atoms with Gasteiger partial charge in [-0.05, 0) is 37.5 Å². The normalized spacial score (nSPS) is 18.0. The first-order valence-electron chi connectivity index (χ1n) is 8.93. The number of hydrogen-bond donors (Lipinski definition) is 1. The summed E-state index contributed by atoms with van der Waals surface area (Å²) in [6.07, 6.45) is 7.68. The molecular weight excluding hydrogens is 319 g/mol. The van der Waals surface area contributed by atoms with Crippen LogP contribution in [0.2, 0.25) is 0 Å². The van der Waals surface area contributed by atoms with Crippen molar-refractivity contribution in [2.75, 3.05) is 13.1 Å². The fourth-order valence-corrected chi connectivity index (χ4v) is 3.44. The number of imidazole rings is 1. The molecule has 1 aromatic heterocycles. The van der Waals surface area contributed by atoms with Gasteiger partial charge in [-0.25, -0.2) is 14.2 Å². The molecule has 0 saturated carbocycles. The second kappa shape index (κ2) is 8.14. The Hall–Kier alpha value is -2.37. The van der Waals surface area contributed by atoms with Crippen LogP contribution in [0.3, 0.4) is 0 Å². The molecule has 1 aromatic carbocycles. The van der Waals surface area contributed by atoms with Crippen molar-refractivity contribution in [2.24, 2.45) is 0 Å². The van der Waals surface area contributed by atoms with Gasteiger partial charge in [-0.3, -0.25) is 0 Å². The van der Waals surface area contributed by atoms with Crippen molar-refractivity contribution in [3.05, 3.63) is 53.9 Å². The first-order valence-corrected chi connectivity index (χ1v) is 8.93. The van der Waals surface area contributed by atoms with Gasteiger partial charge < -0.3 is 14.8 Å². The van der Waals surface area contributed by atoms with Crippen molar-refractivity contribution in [1.29, 1.82) is 0 Å². The predicted octanol–water partition coefficient (Wildman–Crippen LogP) is 3.66. The van der Waals surface area contributed by atoms with Gasteiger partial charge in [0.05, 0.1) is 6.04 Å². The molecule has 0 bridgehead atoms. The first-order chi connectivity index (χ1) is 12.1. The van der Waals surface area contributed by atoms with E-state index >= 15 is 0 Å². The minimum Gasteiger partial charge on any atom is -0.336 e. The van der Waals surface area contributed by atoms with E-state index in [4.69, 9.17) is 0 Å². The highest BCUT2D eigenvalue weighted by molar-refractivity contribution is 5.74. The topological polar surface area (TPSA) is 50.2 Å². The van der Waals surface area contributed by atoms with E-state index in [-0.39, 0.29) is 17.9 Å². The number of aryl methyl sites for hydroxylation is 1. The van der Waals surface area contributed by atoms with Crippen LogP contribution in [0, 0.1) is 12.7 Å². The van der Waals surface area contributed by atoms with Gasteiger partial charge in [-0.1, -0.05) is 25.0 Å². The largest absolute Gasteiger partial charge is 0.336 e. The quantitative estimate of drug-likeness (QED) is 0.920. The molecule has 134 valence electrons. The van der Waals surface area contributed by atoms with Crippen LogP contribution in [0.5, 0.6) is 0 Å². The van der Waals surface area contributed by atoms with Gasteiger partial charge in [-0.2, -0.15) is 0 Å². The summed E-state index contributed by atoms with van der Waals surface area (Å²) in [7, 11) is 0. The zero-order valence-corrected chi connectivity index (χ0v) is 14.6. The zero-order valence-electron chi connectivity index (χ0n) is 14.6. The van der Waals surface area contributed by atoms with Crippen molar-refractivity contribution in [2.45, 2.75) is 45.2 Å². The van der Waals surface area contributed by atoms with Gasteiger partial charge in [0.1, 0.15) is 11.6 Å². The molecule has 1 saturated heterocycles. The van der Waals surface area contributed by atoms with Crippen LogP contribution in [0.25, 0.3) is 0 Å². The molecule has 1 atom stereocenters. The number of amides is 2. The second-order valence-corrected chi connectivity index (χ2v) is 6.51. The lowest BCUT2D eigenvalue weighted by Crippen LogP contribution is -2.43. The monoisotopic (exact) mass is 344 g/mol. The van der Waals surface area contributed by atoms with Crippen molar-refractivity contribution in [1.82, 2.24) is 19.8 Å². The van der Waals surface area contributed by atoms with Crippen LogP contribution in [-0.4, -0.2) is 33.6 Å². The first kappa shape index (κ1) is 17.5. The fraction of sp³-hybridized carbons (Fsp3) is 0.474. The number of carbonyl (C=O) groups is 1. The maximum absolute atomic E-state index is 13.6. The van der Waals surface area contributed by atoms with Gasteiger partial charge >= 0.3 is 6.03 Å². The third kappa shape index (κ3) is 4.38. The van der Waals surface area contributed by atoms with E-state index in [2.05, 4.69) is 10.3 Å².